The third-order valence-electron chi connectivity index (χ3n) is 2.18. The number of nitrogens with one attached hydrogen (secondary N) is 1. The van der Waals surface area contributed by atoms with Crippen molar-refractivity contribution in [3.05, 3.63) is 33.8 Å². The first kappa shape index (κ1) is 13.5. The molecule has 2 N–H and O–H groups in total. The van der Waals surface area contributed by atoms with Crippen LogP contribution in [0.5, 0.6) is 0 Å². The van der Waals surface area contributed by atoms with Gasteiger partial charge in [-0.2, -0.15) is 0 Å². The number of halogens is 3. The first-order valence-corrected chi connectivity index (χ1v) is 5.68. The monoisotopic (exact) mass is 293 g/mol. The fraction of sp³-hybridized carbons (Fsp3) is 0.455. The number of benzene rings is 1. The summed E-state index contributed by atoms with van der Waals surface area (Å²) in [5.74, 6) is -3.05. The van der Waals surface area contributed by atoms with E-state index in [0.29, 0.717) is 6.54 Å². The zero-order valence-corrected chi connectivity index (χ0v) is 10.5. The molecule has 1 rings (SSSR count). The largest absolute Gasteiger partial charge is 0.390 e. The predicted molar refractivity (Wildman–Crippen MR) is 62.6 cm³/mol. The summed E-state index contributed by atoms with van der Waals surface area (Å²) in [6.45, 7) is 0.669. The molecule has 5 heteroatoms. The second kappa shape index (κ2) is 5.70. The maximum atomic E-state index is 12.7. The summed E-state index contributed by atoms with van der Waals surface area (Å²) in [5.41, 5.74) is 2.02. The van der Waals surface area contributed by atoms with Gasteiger partial charge in [-0.25, -0.2) is 8.78 Å². The van der Waals surface area contributed by atoms with Crippen LogP contribution in [0.15, 0.2) is 22.7 Å². The highest BCUT2D eigenvalue weighted by atomic mass is 79.9. The number of aryl methyl sites for hydroxylation is 1. The van der Waals surface area contributed by atoms with E-state index in [0.717, 1.165) is 15.6 Å². The van der Waals surface area contributed by atoms with Crippen LogP contribution in [0.3, 0.4) is 0 Å². The van der Waals surface area contributed by atoms with E-state index in [2.05, 4.69) is 21.2 Å². The number of alkyl halides is 2. The van der Waals surface area contributed by atoms with Crippen LogP contribution in [0.25, 0.3) is 0 Å². The Kier molecular flexibility index (Phi) is 4.83. The molecular weight excluding hydrogens is 280 g/mol. The van der Waals surface area contributed by atoms with Gasteiger partial charge in [0.2, 0.25) is 0 Å². The van der Waals surface area contributed by atoms with Crippen molar-refractivity contribution in [3.8, 4) is 0 Å². The molecule has 0 bridgehead atoms. The third-order valence-corrected chi connectivity index (χ3v) is 3.03. The lowest BCUT2D eigenvalue weighted by Gasteiger charge is -2.14. The molecule has 0 aliphatic heterocycles. The normalized spacial score (nSPS) is 11.8. The Morgan fingerprint density at radius 3 is 2.69 bits per heavy atom. The summed E-state index contributed by atoms with van der Waals surface area (Å²) in [4.78, 5) is 0. The van der Waals surface area contributed by atoms with Crippen molar-refractivity contribution in [2.45, 2.75) is 19.4 Å². The Morgan fingerprint density at radius 1 is 1.44 bits per heavy atom. The van der Waals surface area contributed by atoms with Crippen molar-refractivity contribution >= 4 is 15.9 Å². The second-order valence-corrected chi connectivity index (χ2v) is 4.56. The molecule has 0 radical (unpaired) electrons. The van der Waals surface area contributed by atoms with Gasteiger partial charge in [-0.3, -0.25) is 0 Å². The van der Waals surface area contributed by atoms with Gasteiger partial charge >= 0.3 is 0 Å². The summed E-state index contributed by atoms with van der Waals surface area (Å²) in [7, 11) is 0. The van der Waals surface area contributed by atoms with Gasteiger partial charge in [0.05, 0.1) is 6.54 Å². The van der Waals surface area contributed by atoms with Crippen molar-refractivity contribution < 1.29 is 13.9 Å². The topological polar surface area (TPSA) is 32.3 Å². The van der Waals surface area contributed by atoms with E-state index in [9.17, 15) is 8.78 Å². The number of aliphatic hydroxyl groups is 1. The lowest BCUT2D eigenvalue weighted by Crippen LogP contribution is -2.35. The van der Waals surface area contributed by atoms with Crippen LogP contribution >= 0.6 is 15.9 Å². The number of rotatable bonds is 5. The van der Waals surface area contributed by atoms with Gasteiger partial charge in [-0.05, 0) is 24.1 Å². The van der Waals surface area contributed by atoms with E-state index >= 15 is 0 Å². The zero-order valence-electron chi connectivity index (χ0n) is 8.93. The van der Waals surface area contributed by atoms with Crippen molar-refractivity contribution in [1.29, 1.82) is 0 Å². The van der Waals surface area contributed by atoms with E-state index in [-0.39, 0.29) is 0 Å². The van der Waals surface area contributed by atoms with Crippen LogP contribution in [0.2, 0.25) is 0 Å². The van der Waals surface area contributed by atoms with Crippen LogP contribution in [-0.4, -0.2) is 24.2 Å². The summed E-state index contributed by atoms with van der Waals surface area (Å²) in [6, 6.07) is 5.69. The van der Waals surface area contributed by atoms with E-state index < -0.39 is 19.1 Å². The summed E-state index contributed by atoms with van der Waals surface area (Å²) in [6.07, 6.45) is 0. The Hall–Kier alpha value is -0.520. The van der Waals surface area contributed by atoms with Crippen molar-refractivity contribution in [2.24, 2.45) is 0 Å². The Morgan fingerprint density at radius 2 is 2.12 bits per heavy atom. The predicted octanol–water partition coefficient (Wildman–Crippen LogP) is 2.47. The first-order chi connectivity index (χ1) is 7.44. The molecule has 0 aromatic heterocycles. The van der Waals surface area contributed by atoms with E-state index in [1.165, 1.54) is 0 Å². The highest BCUT2D eigenvalue weighted by Crippen LogP contribution is 2.17. The standard InChI is InChI=1S/C11H14BrF2NO/c1-8-2-3-9(4-10(8)12)5-15-6-11(13,14)7-16/h2-4,15-16H,5-7H2,1H3. The minimum atomic E-state index is -3.05. The SMILES string of the molecule is Cc1ccc(CNCC(F)(F)CO)cc1Br. The minimum absolute atomic E-state index is 0.356. The molecule has 0 spiro atoms. The van der Waals surface area contributed by atoms with Gasteiger partial charge in [0.15, 0.2) is 0 Å². The molecule has 0 saturated heterocycles. The molecule has 0 fully saturated rings. The molecule has 1 aromatic rings. The molecular formula is C11H14BrF2NO. The third kappa shape index (κ3) is 4.15. The molecule has 0 atom stereocenters. The smallest absolute Gasteiger partial charge is 0.282 e. The number of aliphatic hydroxyl groups excluding tert-OH is 1. The van der Waals surface area contributed by atoms with Gasteiger partial charge in [-0.15, -0.1) is 0 Å². The Bertz CT molecular complexity index is 358. The molecule has 1 aromatic carbocycles. The van der Waals surface area contributed by atoms with Crippen LogP contribution in [0.1, 0.15) is 11.1 Å². The average molecular weight is 294 g/mol. The number of hydrogen-bond donors (Lipinski definition) is 2. The summed E-state index contributed by atoms with van der Waals surface area (Å²) in [5, 5.41) is 11.0. The van der Waals surface area contributed by atoms with E-state index in [1.54, 1.807) is 0 Å². The van der Waals surface area contributed by atoms with Crippen LogP contribution in [0, 0.1) is 6.92 Å². The summed E-state index contributed by atoms with van der Waals surface area (Å²) < 4.78 is 26.3. The molecule has 0 aliphatic rings. The second-order valence-electron chi connectivity index (χ2n) is 3.70. The molecule has 16 heavy (non-hydrogen) atoms. The molecule has 0 aliphatic carbocycles. The lowest BCUT2D eigenvalue weighted by atomic mass is 10.1. The molecule has 0 amide bonds. The fourth-order valence-electron chi connectivity index (χ4n) is 1.19. The first-order valence-electron chi connectivity index (χ1n) is 4.89. The van der Waals surface area contributed by atoms with E-state index in [1.807, 2.05) is 25.1 Å². The van der Waals surface area contributed by atoms with E-state index in [4.69, 9.17) is 5.11 Å². The van der Waals surface area contributed by atoms with Gasteiger partial charge < -0.3 is 10.4 Å². The van der Waals surface area contributed by atoms with Crippen molar-refractivity contribution in [1.82, 2.24) is 5.32 Å². The highest BCUT2D eigenvalue weighted by molar-refractivity contribution is 9.10. The van der Waals surface area contributed by atoms with Crippen molar-refractivity contribution in [3.63, 3.8) is 0 Å². The molecule has 90 valence electrons. The highest BCUT2D eigenvalue weighted by Gasteiger charge is 2.26. The van der Waals surface area contributed by atoms with Crippen LogP contribution in [0.4, 0.5) is 8.78 Å². The van der Waals surface area contributed by atoms with Gasteiger partial charge in [0.25, 0.3) is 5.92 Å². The minimum Gasteiger partial charge on any atom is -0.390 e. The average Bonchev–Trinajstić information content (AvgIpc) is 2.23. The molecule has 0 saturated carbocycles. The fourth-order valence-corrected chi connectivity index (χ4v) is 1.62. The van der Waals surface area contributed by atoms with Crippen molar-refractivity contribution in [2.75, 3.05) is 13.2 Å². The zero-order chi connectivity index (χ0) is 12.2. The quantitative estimate of drug-likeness (QED) is 0.874. The molecule has 0 heterocycles. The van der Waals surface area contributed by atoms with Crippen LogP contribution < -0.4 is 5.32 Å². The number of hydrogen-bond acceptors (Lipinski definition) is 2. The van der Waals surface area contributed by atoms with Gasteiger partial charge in [0.1, 0.15) is 6.61 Å². The Balaban J connectivity index is 2.46. The molecule has 0 unspecified atom stereocenters. The maximum Gasteiger partial charge on any atom is 0.282 e. The Labute approximate surface area is 102 Å². The van der Waals surface area contributed by atoms with Gasteiger partial charge in [-0.1, -0.05) is 28.1 Å². The van der Waals surface area contributed by atoms with Crippen LogP contribution in [-0.2, 0) is 6.54 Å². The lowest BCUT2D eigenvalue weighted by molar-refractivity contribution is -0.0477. The maximum absolute atomic E-state index is 12.7. The summed E-state index contributed by atoms with van der Waals surface area (Å²) >= 11 is 3.38. The molecule has 2 nitrogen and oxygen atoms in total. The van der Waals surface area contributed by atoms with Gasteiger partial charge in [0, 0.05) is 11.0 Å².